The maximum atomic E-state index is 11.6. The van der Waals surface area contributed by atoms with E-state index in [9.17, 15) is 4.79 Å². The zero-order valence-corrected chi connectivity index (χ0v) is 11.3. The van der Waals surface area contributed by atoms with E-state index in [1.54, 1.807) is 0 Å². The van der Waals surface area contributed by atoms with E-state index >= 15 is 0 Å². The van der Waals surface area contributed by atoms with Crippen LogP contribution in [0.15, 0.2) is 0 Å². The summed E-state index contributed by atoms with van der Waals surface area (Å²) in [6.07, 6.45) is 1.59. The second-order valence-corrected chi connectivity index (χ2v) is 5.01. The molecule has 16 heavy (non-hydrogen) atoms. The molecule has 0 aromatic rings. The number of hydrogen-bond donors (Lipinski definition) is 2. The first-order valence-electron chi connectivity index (χ1n) is 6.04. The van der Waals surface area contributed by atoms with Crippen LogP contribution in [0.5, 0.6) is 0 Å². The first-order valence-corrected chi connectivity index (χ1v) is 6.04. The fourth-order valence-electron chi connectivity index (χ4n) is 1.73. The lowest BCUT2D eigenvalue weighted by Gasteiger charge is -2.24. The number of rotatable bonds is 8. The lowest BCUT2D eigenvalue weighted by atomic mass is 10.0. The fraction of sp³-hybridized carbons (Fsp3) is 0.917. The first-order chi connectivity index (χ1) is 7.45. The van der Waals surface area contributed by atoms with Gasteiger partial charge >= 0.3 is 0 Å². The van der Waals surface area contributed by atoms with Gasteiger partial charge < -0.3 is 15.5 Å². The highest BCUT2D eigenvalue weighted by Crippen LogP contribution is 2.05. The summed E-state index contributed by atoms with van der Waals surface area (Å²) in [4.78, 5) is 13.7. The van der Waals surface area contributed by atoms with Crippen molar-refractivity contribution in [2.24, 2.45) is 5.92 Å². The SMILES string of the molecule is CNCCC(=O)NC(CC(C)C)CN(C)C. The van der Waals surface area contributed by atoms with Crippen LogP contribution < -0.4 is 10.6 Å². The molecular formula is C12H27N3O. The van der Waals surface area contributed by atoms with Crippen molar-refractivity contribution >= 4 is 5.91 Å². The Morgan fingerprint density at radius 2 is 1.94 bits per heavy atom. The minimum absolute atomic E-state index is 0.141. The standard InChI is InChI=1S/C12H27N3O/c1-10(2)8-11(9-15(4)5)14-12(16)6-7-13-3/h10-11,13H,6-9H2,1-5H3,(H,14,16). The van der Waals surface area contributed by atoms with Crippen LogP contribution in [0.2, 0.25) is 0 Å². The summed E-state index contributed by atoms with van der Waals surface area (Å²) in [7, 11) is 5.93. The molecule has 0 bridgehead atoms. The molecule has 1 atom stereocenters. The third-order valence-electron chi connectivity index (χ3n) is 2.31. The molecule has 0 aliphatic rings. The summed E-state index contributed by atoms with van der Waals surface area (Å²) in [6.45, 7) is 6.01. The topological polar surface area (TPSA) is 44.4 Å². The van der Waals surface area contributed by atoms with E-state index < -0.39 is 0 Å². The molecule has 0 saturated carbocycles. The number of nitrogens with zero attached hydrogens (tertiary/aromatic N) is 1. The van der Waals surface area contributed by atoms with Crippen molar-refractivity contribution in [3.05, 3.63) is 0 Å². The zero-order valence-electron chi connectivity index (χ0n) is 11.3. The van der Waals surface area contributed by atoms with Gasteiger partial charge in [-0.05, 0) is 33.5 Å². The van der Waals surface area contributed by atoms with E-state index in [0.717, 1.165) is 19.5 Å². The minimum Gasteiger partial charge on any atom is -0.352 e. The van der Waals surface area contributed by atoms with Gasteiger partial charge in [0.2, 0.25) is 5.91 Å². The Labute approximate surface area is 99.8 Å². The van der Waals surface area contributed by atoms with Gasteiger partial charge in [0.1, 0.15) is 0 Å². The predicted molar refractivity (Wildman–Crippen MR) is 68.5 cm³/mol. The molecule has 0 spiro atoms. The molecule has 2 N–H and O–H groups in total. The average molecular weight is 229 g/mol. The van der Waals surface area contributed by atoms with Crippen molar-refractivity contribution in [3.8, 4) is 0 Å². The highest BCUT2D eigenvalue weighted by atomic mass is 16.1. The monoisotopic (exact) mass is 229 g/mol. The van der Waals surface area contributed by atoms with Gasteiger partial charge in [0.15, 0.2) is 0 Å². The number of amides is 1. The van der Waals surface area contributed by atoms with Crippen LogP contribution in [0, 0.1) is 5.92 Å². The van der Waals surface area contributed by atoms with Crippen LogP contribution in [-0.4, -0.2) is 51.1 Å². The van der Waals surface area contributed by atoms with Crippen molar-refractivity contribution < 1.29 is 4.79 Å². The van der Waals surface area contributed by atoms with E-state index in [1.165, 1.54) is 0 Å². The minimum atomic E-state index is 0.141. The molecule has 0 aromatic heterocycles. The van der Waals surface area contributed by atoms with Crippen LogP contribution >= 0.6 is 0 Å². The Morgan fingerprint density at radius 1 is 1.31 bits per heavy atom. The number of carbonyl (C=O) groups excluding carboxylic acids is 1. The summed E-state index contributed by atoms with van der Waals surface area (Å²) in [5.74, 6) is 0.747. The molecule has 1 unspecified atom stereocenters. The quantitative estimate of drug-likeness (QED) is 0.643. The van der Waals surface area contributed by atoms with Crippen LogP contribution in [0.4, 0.5) is 0 Å². The molecule has 0 heterocycles. The van der Waals surface area contributed by atoms with E-state index in [0.29, 0.717) is 12.3 Å². The van der Waals surface area contributed by atoms with Crippen LogP contribution in [0.25, 0.3) is 0 Å². The molecule has 0 aromatic carbocycles. The third-order valence-corrected chi connectivity index (χ3v) is 2.31. The second kappa shape index (κ2) is 8.53. The Morgan fingerprint density at radius 3 is 2.38 bits per heavy atom. The van der Waals surface area contributed by atoms with Gasteiger partial charge in [0.25, 0.3) is 0 Å². The molecule has 4 nitrogen and oxygen atoms in total. The molecule has 4 heteroatoms. The van der Waals surface area contributed by atoms with E-state index in [2.05, 4.69) is 29.4 Å². The van der Waals surface area contributed by atoms with Crippen LogP contribution in [0.1, 0.15) is 26.7 Å². The summed E-state index contributed by atoms with van der Waals surface area (Å²) in [5.41, 5.74) is 0. The molecule has 1 amide bonds. The number of hydrogen-bond acceptors (Lipinski definition) is 3. The Balaban J connectivity index is 4.03. The Bertz CT molecular complexity index is 183. The van der Waals surface area contributed by atoms with E-state index in [1.807, 2.05) is 21.1 Å². The normalized spacial score (nSPS) is 13.2. The maximum absolute atomic E-state index is 11.6. The largest absolute Gasteiger partial charge is 0.352 e. The Hall–Kier alpha value is -0.610. The van der Waals surface area contributed by atoms with E-state index in [4.69, 9.17) is 0 Å². The van der Waals surface area contributed by atoms with Crippen LogP contribution in [0.3, 0.4) is 0 Å². The highest BCUT2D eigenvalue weighted by Gasteiger charge is 2.14. The molecule has 0 radical (unpaired) electrons. The summed E-state index contributed by atoms with van der Waals surface area (Å²) < 4.78 is 0. The molecular weight excluding hydrogens is 202 g/mol. The molecule has 0 aliphatic heterocycles. The maximum Gasteiger partial charge on any atom is 0.221 e. The van der Waals surface area contributed by atoms with Gasteiger partial charge in [-0.3, -0.25) is 4.79 Å². The predicted octanol–water partition coefficient (Wildman–Crippen LogP) is 0.688. The van der Waals surface area contributed by atoms with Gasteiger partial charge in [-0.15, -0.1) is 0 Å². The molecule has 0 aliphatic carbocycles. The van der Waals surface area contributed by atoms with Gasteiger partial charge in [-0.1, -0.05) is 13.8 Å². The van der Waals surface area contributed by atoms with Crippen molar-refractivity contribution in [3.63, 3.8) is 0 Å². The lowest BCUT2D eigenvalue weighted by molar-refractivity contribution is -0.121. The number of likely N-dealkylation sites (N-methyl/N-ethyl adjacent to an activating group) is 1. The van der Waals surface area contributed by atoms with E-state index in [-0.39, 0.29) is 11.9 Å². The third kappa shape index (κ3) is 8.68. The van der Waals surface area contributed by atoms with Crippen molar-refractivity contribution in [2.75, 3.05) is 34.2 Å². The fourth-order valence-corrected chi connectivity index (χ4v) is 1.73. The van der Waals surface area contributed by atoms with Gasteiger partial charge in [-0.25, -0.2) is 0 Å². The van der Waals surface area contributed by atoms with Crippen molar-refractivity contribution in [2.45, 2.75) is 32.7 Å². The van der Waals surface area contributed by atoms with Gasteiger partial charge in [-0.2, -0.15) is 0 Å². The second-order valence-electron chi connectivity index (χ2n) is 5.01. The molecule has 0 saturated heterocycles. The number of nitrogens with one attached hydrogen (secondary N) is 2. The average Bonchev–Trinajstić information content (AvgIpc) is 2.12. The highest BCUT2D eigenvalue weighted by molar-refractivity contribution is 5.76. The molecule has 96 valence electrons. The lowest BCUT2D eigenvalue weighted by Crippen LogP contribution is -2.43. The molecule has 0 fully saturated rings. The van der Waals surface area contributed by atoms with Crippen molar-refractivity contribution in [1.82, 2.24) is 15.5 Å². The first kappa shape index (κ1) is 15.4. The summed E-state index contributed by atoms with van der Waals surface area (Å²) >= 11 is 0. The summed E-state index contributed by atoms with van der Waals surface area (Å²) in [5, 5.41) is 6.08. The zero-order chi connectivity index (χ0) is 12.6. The van der Waals surface area contributed by atoms with Gasteiger partial charge in [0.05, 0.1) is 0 Å². The molecule has 0 rings (SSSR count). The number of carbonyl (C=O) groups is 1. The van der Waals surface area contributed by atoms with Gasteiger partial charge in [0, 0.05) is 25.6 Å². The smallest absolute Gasteiger partial charge is 0.221 e. The van der Waals surface area contributed by atoms with Crippen molar-refractivity contribution in [1.29, 1.82) is 0 Å². The van der Waals surface area contributed by atoms with Crippen LogP contribution in [-0.2, 0) is 4.79 Å². The Kier molecular flexibility index (Phi) is 8.21. The summed E-state index contributed by atoms with van der Waals surface area (Å²) in [6, 6.07) is 0.263.